The summed E-state index contributed by atoms with van der Waals surface area (Å²) in [7, 11) is 0. The van der Waals surface area contributed by atoms with Crippen LogP contribution in [0.4, 0.5) is 0 Å². The molecule has 3 fully saturated rings. The van der Waals surface area contributed by atoms with E-state index in [1.165, 1.54) is 70.6 Å². The first-order valence-electron chi connectivity index (χ1n) is 14.3. The van der Waals surface area contributed by atoms with E-state index in [1.807, 2.05) is 5.57 Å². The maximum Gasteiger partial charge on any atom is -0.00825 e. The topological polar surface area (TPSA) is 0 Å². The fourth-order valence-electron chi connectivity index (χ4n) is 10.2. The van der Waals surface area contributed by atoms with E-state index in [0.29, 0.717) is 16.2 Å². The lowest BCUT2D eigenvalue weighted by Gasteiger charge is -2.63. The predicted molar refractivity (Wildman–Crippen MR) is 136 cm³/mol. The van der Waals surface area contributed by atoms with E-state index in [9.17, 15) is 0 Å². The molecule has 0 amide bonds. The normalized spacial score (nSPS) is 46.7. The SMILES string of the molecule is CCC(CCC(C)C1CCC2[C@]3(C)CC=C4C[C@@H](C)CC[C@]4(C)C3CC[C@]12C)C(C)C. The highest BCUT2D eigenvalue weighted by molar-refractivity contribution is 5.27. The lowest BCUT2D eigenvalue weighted by molar-refractivity contribution is -0.111. The van der Waals surface area contributed by atoms with Crippen molar-refractivity contribution in [2.45, 2.75) is 126 Å². The molecule has 0 aromatic carbocycles. The molecular formula is C31H54. The molecule has 0 heteroatoms. The van der Waals surface area contributed by atoms with Crippen molar-refractivity contribution in [2.75, 3.05) is 0 Å². The highest BCUT2D eigenvalue weighted by Crippen LogP contribution is 2.72. The zero-order valence-electron chi connectivity index (χ0n) is 22.4. The molecule has 0 saturated heterocycles. The first-order valence-corrected chi connectivity index (χ1v) is 14.3. The molecule has 0 nitrogen and oxygen atoms in total. The Hall–Kier alpha value is -0.260. The number of rotatable bonds is 6. The summed E-state index contributed by atoms with van der Waals surface area (Å²) >= 11 is 0. The van der Waals surface area contributed by atoms with E-state index in [-0.39, 0.29) is 0 Å². The number of hydrogen-bond acceptors (Lipinski definition) is 0. The van der Waals surface area contributed by atoms with Gasteiger partial charge in [0.25, 0.3) is 0 Å². The molecule has 31 heavy (non-hydrogen) atoms. The number of fused-ring (bicyclic) bond motifs is 5. The molecule has 0 aromatic heterocycles. The quantitative estimate of drug-likeness (QED) is 0.371. The lowest BCUT2D eigenvalue weighted by Crippen LogP contribution is -2.56. The van der Waals surface area contributed by atoms with E-state index in [1.54, 1.807) is 0 Å². The predicted octanol–water partition coefficient (Wildman–Crippen LogP) is 9.69. The summed E-state index contributed by atoms with van der Waals surface area (Å²) in [4.78, 5) is 0. The van der Waals surface area contributed by atoms with Crippen LogP contribution in [0.2, 0.25) is 0 Å². The molecular weight excluding hydrogens is 372 g/mol. The third kappa shape index (κ3) is 3.79. The molecule has 4 aliphatic carbocycles. The molecule has 178 valence electrons. The van der Waals surface area contributed by atoms with Gasteiger partial charge in [-0.05, 0) is 115 Å². The molecule has 0 bridgehead atoms. The van der Waals surface area contributed by atoms with Gasteiger partial charge in [-0.1, -0.05) is 79.9 Å². The van der Waals surface area contributed by atoms with Gasteiger partial charge in [0.1, 0.15) is 0 Å². The van der Waals surface area contributed by atoms with Crippen LogP contribution >= 0.6 is 0 Å². The molecule has 0 N–H and O–H groups in total. The van der Waals surface area contributed by atoms with Crippen LogP contribution in [0.3, 0.4) is 0 Å². The van der Waals surface area contributed by atoms with Crippen LogP contribution in [0, 0.1) is 57.7 Å². The highest BCUT2D eigenvalue weighted by Gasteiger charge is 2.63. The van der Waals surface area contributed by atoms with Crippen LogP contribution in [0.1, 0.15) is 126 Å². The maximum atomic E-state index is 2.77. The average molecular weight is 427 g/mol. The van der Waals surface area contributed by atoms with Crippen molar-refractivity contribution in [1.29, 1.82) is 0 Å². The van der Waals surface area contributed by atoms with Gasteiger partial charge in [-0.25, -0.2) is 0 Å². The van der Waals surface area contributed by atoms with Crippen molar-refractivity contribution in [3.8, 4) is 0 Å². The maximum absolute atomic E-state index is 2.77. The van der Waals surface area contributed by atoms with Gasteiger partial charge < -0.3 is 0 Å². The zero-order chi connectivity index (χ0) is 22.6. The second-order valence-corrected chi connectivity index (χ2v) is 14.0. The van der Waals surface area contributed by atoms with E-state index < -0.39 is 0 Å². The van der Waals surface area contributed by atoms with Crippen molar-refractivity contribution in [3.63, 3.8) is 0 Å². The van der Waals surface area contributed by atoms with Gasteiger partial charge in [0, 0.05) is 0 Å². The van der Waals surface area contributed by atoms with Crippen LogP contribution in [-0.4, -0.2) is 0 Å². The summed E-state index contributed by atoms with van der Waals surface area (Å²) < 4.78 is 0. The molecule has 3 saturated carbocycles. The van der Waals surface area contributed by atoms with Gasteiger partial charge in [0.05, 0.1) is 0 Å². The van der Waals surface area contributed by atoms with Gasteiger partial charge in [-0.15, -0.1) is 0 Å². The van der Waals surface area contributed by atoms with Gasteiger partial charge in [0.2, 0.25) is 0 Å². The summed E-state index contributed by atoms with van der Waals surface area (Å²) in [5.41, 5.74) is 3.51. The van der Waals surface area contributed by atoms with E-state index >= 15 is 0 Å². The monoisotopic (exact) mass is 426 g/mol. The third-order valence-electron chi connectivity index (χ3n) is 12.1. The average Bonchev–Trinajstić information content (AvgIpc) is 3.07. The summed E-state index contributed by atoms with van der Waals surface area (Å²) in [5, 5.41) is 0. The minimum atomic E-state index is 0.510. The largest absolute Gasteiger partial charge is 0.0842 e. The first kappa shape index (κ1) is 23.9. The minimum absolute atomic E-state index is 0.510. The summed E-state index contributed by atoms with van der Waals surface area (Å²) in [5.74, 6) is 6.44. The number of hydrogen-bond donors (Lipinski definition) is 0. The Kier molecular flexibility index (Phi) is 6.55. The van der Waals surface area contributed by atoms with Gasteiger partial charge in [-0.3, -0.25) is 0 Å². The van der Waals surface area contributed by atoms with Crippen LogP contribution in [0.15, 0.2) is 11.6 Å². The minimum Gasteiger partial charge on any atom is -0.0842 e. The van der Waals surface area contributed by atoms with Crippen molar-refractivity contribution >= 4 is 0 Å². The van der Waals surface area contributed by atoms with Crippen molar-refractivity contribution in [3.05, 3.63) is 11.6 Å². The fraction of sp³-hybridized carbons (Fsp3) is 0.935. The van der Waals surface area contributed by atoms with Crippen molar-refractivity contribution in [2.24, 2.45) is 57.7 Å². The Labute approximate surface area is 195 Å². The standard InChI is InChI=1S/C31H54/c1-9-24(21(2)3)11-10-23(5)26-12-13-27-30(26,7)19-16-28-29(6)17-14-22(4)20-25(29)15-18-31(27,28)8/h15,21-24,26-28H,9-14,16-20H2,1-8H3/t22-,23?,24?,26?,27?,28?,29-,30+,31-/m0/s1. The Morgan fingerprint density at radius 1 is 0.903 bits per heavy atom. The molecule has 5 unspecified atom stereocenters. The number of allylic oxidation sites excluding steroid dienone is 2. The Morgan fingerprint density at radius 3 is 2.32 bits per heavy atom. The molecule has 0 heterocycles. The zero-order valence-corrected chi connectivity index (χ0v) is 22.4. The van der Waals surface area contributed by atoms with Crippen LogP contribution in [0.5, 0.6) is 0 Å². The summed E-state index contributed by atoms with van der Waals surface area (Å²) in [6, 6.07) is 0. The Bertz CT molecular complexity index is 672. The van der Waals surface area contributed by atoms with Crippen molar-refractivity contribution in [1.82, 2.24) is 0 Å². The van der Waals surface area contributed by atoms with E-state index in [0.717, 1.165) is 41.4 Å². The molecule has 9 atom stereocenters. The van der Waals surface area contributed by atoms with Gasteiger partial charge in [0.15, 0.2) is 0 Å². The molecule has 0 spiro atoms. The van der Waals surface area contributed by atoms with Gasteiger partial charge in [-0.2, -0.15) is 0 Å². The molecule has 4 rings (SSSR count). The molecule has 4 aliphatic rings. The Morgan fingerprint density at radius 2 is 1.65 bits per heavy atom. The van der Waals surface area contributed by atoms with E-state index in [2.05, 4.69) is 61.5 Å². The van der Waals surface area contributed by atoms with E-state index in [4.69, 9.17) is 0 Å². The summed E-state index contributed by atoms with van der Waals surface area (Å²) in [6.07, 6.45) is 18.7. The van der Waals surface area contributed by atoms with Crippen LogP contribution in [-0.2, 0) is 0 Å². The second kappa shape index (κ2) is 8.51. The lowest BCUT2D eigenvalue weighted by atomic mass is 9.41. The summed E-state index contributed by atoms with van der Waals surface area (Å²) in [6.45, 7) is 20.6. The molecule has 0 radical (unpaired) electrons. The van der Waals surface area contributed by atoms with Crippen LogP contribution < -0.4 is 0 Å². The third-order valence-corrected chi connectivity index (χ3v) is 12.1. The highest BCUT2D eigenvalue weighted by atomic mass is 14.7. The molecule has 0 aliphatic heterocycles. The Balaban J connectivity index is 1.53. The van der Waals surface area contributed by atoms with Crippen LogP contribution in [0.25, 0.3) is 0 Å². The van der Waals surface area contributed by atoms with Gasteiger partial charge >= 0.3 is 0 Å². The molecule has 0 aromatic rings. The second-order valence-electron chi connectivity index (χ2n) is 14.0. The fourth-order valence-corrected chi connectivity index (χ4v) is 10.2. The first-order chi connectivity index (χ1) is 14.6. The van der Waals surface area contributed by atoms with Crippen molar-refractivity contribution < 1.29 is 0 Å². The smallest absolute Gasteiger partial charge is 0.00825 e.